The van der Waals surface area contributed by atoms with E-state index >= 15 is 0 Å². The van der Waals surface area contributed by atoms with E-state index in [0.717, 1.165) is 69.8 Å². The number of hydrogen-bond acceptors (Lipinski definition) is 2. The topological polar surface area (TPSA) is 18.5 Å². The SMILES string of the molecule is C/C=C/CCC1CCC(CC(F)(F)COc2ccc(C3CCC(CCC)CO3)cc2F)CC1. The van der Waals surface area contributed by atoms with Gasteiger partial charge in [-0.15, -0.1) is 0 Å². The molecule has 2 fully saturated rings. The molecule has 2 aliphatic rings. The highest BCUT2D eigenvalue weighted by Crippen LogP contribution is 2.38. The molecule has 2 unspecified atom stereocenters. The molecule has 1 heterocycles. The molecule has 0 bridgehead atoms. The Morgan fingerprint density at radius 3 is 2.39 bits per heavy atom. The third kappa shape index (κ3) is 8.35. The highest BCUT2D eigenvalue weighted by molar-refractivity contribution is 5.31. The molecule has 33 heavy (non-hydrogen) atoms. The largest absolute Gasteiger partial charge is 0.484 e. The van der Waals surface area contributed by atoms with Gasteiger partial charge in [-0.3, -0.25) is 0 Å². The number of allylic oxidation sites excluding steroid dienone is 2. The number of halogens is 3. The minimum atomic E-state index is -2.95. The van der Waals surface area contributed by atoms with Gasteiger partial charge in [-0.1, -0.05) is 44.4 Å². The molecule has 2 nitrogen and oxygen atoms in total. The third-order valence-corrected chi connectivity index (χ3v) is 7.36. The normalized spacial score (nSPS) is 26.6. The van der Waals surface area contributed by atoms with Crippen molar-refractivity contribution in [1.29, 1.82) is 0 Å². The van der Waals surface area contributed by atoms with Crippen LogP contribution in [0.25, 0.3) is 0 Å². The Kier molecular flexibility index (Phi) is 10.2. The van der Waals surface area contributed by atoms with E-state index in [1.54, 1.807) is 6.07 Å². The average molecular weight is 467 g/mol. The predicted octanol–water partition coefficient (Wildman–Crippen LogP) is 8.66. The average Bonchev–Trinajstić information content (AvgIpc) is 2.80. The van der Waals surface area contributed by atoms with E-state index in [4.69, 9.17) is 9.47 Å². The van der Waals surface area contributed by atoms with Crippen LogP contribution >= 0.6 is 0 Å². The fraction of sp³-hybridized carbons (Fsp3) is 0.714. The van der Waals surface area contributed by atoms with Crippen LogP contribution in [0.2, 0.25) is 0 Å². The first-order chi connectivity index (χ1) is 15.9. The molecule has 1 aliphatic heterocycles. The smallest absolute Gasteiger partial charge is 0.281 e. The van der Waals surface area contributed by atoms with E-state index in [1.807, 2.05) is 6.92 Å². The van der Waals surface area contributed by atoms with Crippen molar-refractivity contribution in [2.45, 2.75) is 96.5 Å². The van der Waals surface area contributed by atoms with Crippen LogP contribution in [0.3, 0.4) is 0 Å². The monoisotopic (exact) mass is 466 g/mol. The first-order valence-corrected chi connectivity index (χ1v) is 12.9. The molecule has 5 heteroatoms. The second-order valence-electron chi connectivity index (χ2n) is 10.1. The minimum absolute atomic E-state index is 0.0220. The zero-order valence-electron chi connectivity index (χ0n) is 20.3. The highest BCUT2D eigenvalue weighted by Gasteiger charge is 2.35. The second-order valence-corrected chi connectivity index (χ2v) is 10.1. The van der Waals surface area contributed by atoms with Crippen LogP contribution < -0.4 is 4.74 Å². The van der Waals surface area contributed by atoms with Gasteiger partial charge in [-0.2, -0.15) is 0 Å². The number of hydrogen-bond donors (Lipinski definition) is 0. The number of rotatable bonds is 11. The highest BCUT2D eigenvalue weighted by atomic mass is 19.3. The van der Waals surface area contributed by atoms with Crippen LogP contribution in [0, 0.1) is 23.6 Å². The first kappa shape index (κ1) is 26.1. The Morgan fingerprint density at radius 2 is 1.76 bits per heavy atom. The van der Waals surface area contributed by atoms with Crippen LogP contribution in [0.5, 0.6) is 5.75 Å². The maximum Gasteiger partial charge on any atom is 0.281 e. The Bertz CT molecular complexity index is 733. The summed E-state index contributed by atoms with van der Waals surface area (Å²) in [5.41, 5.74) is 0.757. The molecule has 186 valence electrons. The third-order valence-electron chi connectivity index (χ3n) is 7.36. The van der Waals surface area contributed by atoms with Gasteiger partial charge in [0.25, 0.3) is 5.92 Å². The Labute approximate surface area is 197 Å². The predicted molar refractivity (Wildman–Crippen MR) is 127 cm³/mol. The zero-order valence-corrected chi connectivity index (χ0v) is 20.3. The van der Waals surface area contributed by atoms with Crippen molar-refractivity contribution in [3.8, 4) is 5.75 Å². The van der Waals surface area contributed by atoms with Crippen molar-refractivity contribution in [2.24, 2.45) is 17.8 Å². The first-order valence-electron chi connectivity index (χ1n) is 12.9. The maximum absolute atomic E-state index is 14.6. The molecule has 1 saturated heterocycles. The number of benzene rings is 1. The second kappa shape index (κ2) is 12.8. The molecule has 0 radical (unpaired) electrons. The lowest BCUT2D eigenvalue weighted by Gasteiger charge is -2.31. The summed E-state index contributed by atoms with van der Waals surface area (Å²) in [4.78, 5) is 0. The number of alkyl halides is 2. The van der Waals surface area contributed by atoms with Crippen LogP contribution in [0.1, 0.15) is 96.1 Å². The standard InChI is InChI=1S/C28H41F3O2/c1-3-5-6-8-21-9-11-22(12-10-21)18-28(30,31)20-33-27-16-14-24(17-25(27)29)26-15-13-23(7-4-2)19-32-26/h3,5,14,16-17,21-23,26H,4,6-13,15,18-20H2,1-2H3/b5-3+. The molecule has 1 aromatic rings. The van der Waals surface area contributed by atoms with Crippen molar-refractivity contribution >= 4 is 0 Å². The van der Waals surface area contributed by atoms with Crippen molar-refractivity contribution in [3.63, 3.8) is 0 Å². The van der Waals surface area contributed by atoms with Gasteiger partial charge in [-0.05, 0) is 87.3 Å². The van der Waals surface area contributed by atoms with Gasteiger partial charge in [-0.25, -0.2) is 13.2 Å². The minimum Gasteiger partial charge on any atom is -0.484 e. The molecule has 1 aliphatic carbocycles. The van der Waals surface area contributed by atoms with E-state index in [2.05, 4.69) is 19.1 Å². The summed E-state index contributed by atoms with van der Waals surface area (Å²) in [5, 5.41) is 0. The van der Waals surface area contributed by atoms with Crippen molar-refractivity contribution < 1.29 is 22.6 Å². The zero-order chi connectivity index (χ0) is 23.7. The summed E-state index contributed by atoms with van der Waals surface area (Å²) < 4.78 is 54.9. The molecule has 0 spiro atoms. The molecule has 0 N–H and O–H groups in total. The van der Waals surface area contributed by atoms with Gasteiger partial charge >= 0.3 is 0 Å². The summed E-state index contributed by atoms with van der Waals surface area (Å²) in [5.74, 6) is -2.40. The van der Waals surface area contributed by atoms with E-state index in [-0.39, 0.29) is 24.2 Å². The molecule has 3 rings (SSSR count). The Hall–Kier alpha value is -1.49. The summed E-state index contributed by atoms with van der Waals surface area (Å²) in [6, 6.07) is 4.60. The Balaban J connectivity index is 1.43. The van der Waals surface area contributed by atoms with Crippen LogP contribution in [0.15, 0.2) is 30.4 Å². The van der Waals surface area contributed by atoms with E-state index in [9.17, 15) is 13.2 Å². The van der Waals surface area contributed by atoms with Gasteiger partial charge in [0.2, 0.25) is 0 Å². The lowest BCUT2D eigenvalue weighted by atomic mass is 9.78. The molecule has 0 aromatic heterocycles. The van der Waals surface area contributed by atoms with Gasteiger partial charge in [0.1, 0.15) is 0 Å². The lowest BCUT2D eigenvalue weighted by molar-refractivity contribution is -0.0649. The van der Waals surface area contributed by atoms with Gasteiger partial charge < -0.3 is 9.47 Å². The van der Waals surface area contributed by atoms with Gasteiger partial charge in [0.05, 0.1) is 12.7 Å². The molecule has 1 aromatic carbocycles. The van der Waals surface area contributed by atoms with Crippen LogP contribution in [-0.2, 0) is 4.74 Å². The van der Waals surface area contributed by atoms with Crippen molar-refractivity contribution in [2.75, 3.05) is 13.2 Å². The van der Waals surface area contributed by atoms with Gasteiger partial charge in [0.15, 0.2) is 18.2 Å². The molecule has 0 amide bonds. The van der Waals surface area contributed by atoms with Crippen molar-refractivity contribution in [1.82, 2.24) is 0 Å². The van der Waals surface area contributed by atoms with E-state index in [0.29, 0.717) is 18.4 Å². The summed E-state index contributed by atoms with van der Waals surface area (Å²) in [6.07, 6.45) is 14.1. The summed E-state index contributed by atoms with van der Waals surface area (Å²) >= 11 is 0. The summed E-state index contributed by atoms with van der Waals surface area (Å²) in [6.45, 7) is 4.11. The maximum atomic E-state index is 14.6. The van der Waals surface area contributed by atoms with E-state index < -0.39 is 18.3 Å². The molecular formula is C28H41F3O2. The van der Waals surface area contributed by atoms with Gasteiger partial charge in [0, 0.05) is 6.42 Å². The molecule has 2 atom stereocenters. The molecule has 1 saturated carbocycles. The summed E-state index contributed by atoms with van der Waals surface area (Å²) in [7, 11) is 0. The van der Waals surface area contributed by atoms with Crippen LogP contribution in [-0.4, -0.2) is 19.1 Å². The Morgan fingerprint density at radius 1 is 1.03 bits per heavy atom. The van der Waals surface area contributed by atoms with E-state index in [1.165, 1.54) is 12.1 Å². The lowest BCUT2D eigenvalue weighted by Crippen LogP contribution is -2.30. The fourth-order valence-corrected chi connectivity index (χ4v) is 5.43. The number of ether oxygens (including phenoxy) is 2. The molecular weight excluding hydrogens is 425 g/mol. The fourth-order valence-electron chi connectivity index (χ4n) is 5.43. The van der Waals surface area contributed by atoms with Crippen molar-refractivity contribution in [3.05, 3.63) is 41.7 Å². The quantitative estimate of drug-likeness (QED) is 0.304. The van der Waals surface area contributed by atoms with Crippen LogP contribution in [0.4, 0.5) is 13.2 Å².